The van der Waals surface area contributed by atoms with Crippen molar-refractivity contribution < 1.29 is 86.4 Å². The van der Waals surface area contributed by atoms with Gasteiger partial charge >= 0.3 is 12.3 Å². The number of allylic oxidation sites excluding steroid dienone is 2. The molecule has 0 amide bonds. The van der Waals surface area contributed by atoms with Gasteiger partial charge in [0.05, 0.1) is 55.8 Å². The Morgan fingerprint density at radius 1 is 0.731 bits per heavy atom. The molecule has 2 aromatic heterocycles. The number of ether oxygens (including phenoxy) is 8. The van der Waals surface area contributed by atoms with Gasteiger partial charge in [0.25, 0.3) is 15.9 Å². The van der Waals surface area contributed by atoms with E-state index in [1.54, 1.807) is 30.4 Å². The van der Waals surface area contributed by atoms with Crippen molar-refractivity contribution in [2.75, 3.05) is 64.3 Å². The summed E-state index contributed by atoms with van der Waals surface area (Å²) in [7, 11) is -3.37. The Hall–Kier alpha value is -5.81. The molecule has 2 heterocycles. The average Bonchev–Trinajstić information content (AvgIpc) is 3.29. The summed E-state index contributed by atoms with van der Waals surface area (Å²) in [6, 6.07) is 7.64. The van der Waals surface area contributed by atoms with Crippen LogP contribution in [0.2, 0.25) is 0 Å². The highest BCUT2D eigenvalue weighted by Crippen LogP contribution is 2.42. The van der Waals surface area contributed by atoms with E-state index in [-0.39, 0.29) is 91.8 Å². The summed E-state index contributed by atoms with van der Waals surface area (Å²) < 4.78 is 75.2. The second-order valence-electron chi connectivity index (χ2n) is 15.0. The first-order valence-electron chi connectivity index (χ1n) is 20.9. The molecular formula is C41H57N7O18S. The van der Waals surface area contributed by atoms with Crippen LogP contribution < -0.4 is 13.8 Å². The highest BCUT2D eigenvalue weighted by atomic mass is 32.2. The molecular weight excluding hydrogens is 911 g/mol. The Morgan fingerprint density at radius 3 is 1.99 bits per heavy atom. The first kappa shape index (κ1) is 53.8. The first-order chi connectivity index (χ1) is 32.0. The zero-order valence-electron chi connectivity index (χ0n) is 37.7. The number of hydrogen-bond acceptors (Lipinski definition) is 24. The van der Waals surface area contributed by atoms with Gasteiger partial charge in [0, 0.05) is 12.4 Å². The molecule has 3 aromatic rings. The second kappa shape index (κ2) is 27.1. The lowest BCUT2D eigenvalue weighted by atomic mass is 9.87. The molecule has 1 aliphatic carbocycles. The van der Waals surface area contributed by atoms with Crippen molar-refractivity contribution in [1.29, 1.82) is 0 Å². The fourth-order valence-corrected chi connectivity index (χ4v) is 7.35. The highest BCUT2D eigenvalue weighted by Gasteiger charge is 2.39. The molecule has 0 saturated heterocycles. The standard InChI is InChI=1S/C41H57N7O18S/c1-29(65-40(50)62-25-23-58-24-28-64-48(53)54)46(67(55,56)31-17-15-30(16-18-31)41(2,3)4)37-34(66-33-14-9-8-13-32(33)57-5)38(45-36(44-37)35-42-19-12-20-43-35)59-26-27-61-39(49)60-21-10-6-7-11-22-63-47(51)52/h12-20,29,51-54H,6-11,21-28H2,1-5H3. The fourth-order valence-electron chi connectivity index (χ4n) is 5.86. The molecule has 0 spiro atoms. The summed E-state index contributed by atoms with van der Waals surface area (Å²) in [4.78, 5) is 51.9. The van der Waals surface area contributed by atoms with Crippen molar-refractivity contribution in [3.05, 3.63) is 72.0 Å². The molecule has 1 aromatic carbocycles. The van der Waals surface area contributed by atoms with Crippen molar-refractivity contribution >= 4 is 28.2 Å². The normalized spacial score (nSPS) is 13.4. The van der Waals surface area contributed by atoms with Crippen LogP contribution in [0.1, 0.15) is 71.8 Å². The Labute approximate surface area is 386 Å². The highest BCUT2D eigenvalue weighted by molar-refractivity contribution is 7.92. The second-order valence-corrected chi connectivity index (χ2v) is 16.8. The molecule has 1 aliphatic rings. The lowest BCUT2D eigenvalue weighted by Gasteiger charge is -2.31. The van der Waals surface area contributed by atoms with Gasteiger partial charge in [0.15, 0.2) is 29.4 Å². The minimum atomic E-state index is -4.79. The summed E-state index contributed by atoms with van der Waals surface area (Å²) in [5.74, 6) is -1.16. The lowest BCUT2D eigenvalue weighted by molar-refractivity contribution is -0.493. The number of rotatable bonds is 28. The molecule has 370 valence electrons. The quantitative estimate of drug-likeness (QED) is 0.0296. The lowest BCUT2D eigenvalue weighted by Crippen LogP contribution is -2.42. The van der Waals surface area contributed by atoms with Gasteiger partial charge in [-0.25, -0.2) is 42.1 Å². The average molecular weight is 968 g/mol. The monoisotopic (exact) mass is 967 g/mol. The third-order valence-electron chi connectivity index (χ3n) is 9.06. The van der Waals surface area contributed by atoms with Gasteiger partial charge in [-0.1, -0.05) is 39.3 Å². The van der Waals surface area contributed by atoms with Crippen LogP contribution in [-0.4, -0.2) is 138 Å². The Morgan fingerprint density at radius 2 is 1.33 bits per heavy atom. The van der Waals surface area contributed by atoms with Crippen molar-refractivity contribution in [3.63, 3.8) is 0 Å². The maximum absolute atomic E-state index is 15.1. The topological polar surface area (TPSA) is 303 Å². The van der Waals surface area contributed by atoms with Gasteiger partial charge in [0.1, 0.15) is 19.8 Å². The molecule has 25 nitrogen and oxygen atoms in total. The predicted molar refractivity (Wildman–Crippen MR) is 228 cm³/mol. The molecule has 0 fully saturated rings. The first-order valence-corrected chi connectivity index (χ1v) is 22.4. The van der Waals surface area contributed by atoms with Crippen LogP contribution in [0.25, 0.3) is 11.6 Å². The minimum Gasteiger partial charge on any atom is -0.493 e. The van der Waals surface area contributed by atoms with Gasteiger partial charge in [-0.05, 0) is 80.4 Å². The zero-order valence-corrected chi connectivity index (χ0v) is 38.5. The Balaban J connectivity index is 1.72. The predicted octanol–water partition coefficient (Wildman–Crippen LogP) is 5.65. The van der Waals surface area contributed by atoms with Crippen LogP contribution in [-0.2, 0) is 53.5 Å². The number of nitrogens with zero attached hydrogens (tertiary/aromatic N) is 7. The van der Waals surface area contributed by atoms with E-state index in [2.05, 4.69) is 29.6 Å². The Bertz CT molecular complexity index is 2180. The van der Waals surface area contributed by atoms with E-state index in [1.807, 2.05) is 20.8 Å². The molecule has 1 atom stereocenters. The summed E-state index contributed by atoms with van der Waals surface area (Å²) in [5, 5.41) is 33.7. The molecule has 67 heavy (non-hydrogen) atoms. The van der Waals surface area contributed by atoms with Crippen LogP contribution in [0.15, 0.2) is 71.3 Å². The van der Waals surface area contributed by atoms with Crippen LogP contribution in [0, 0.1) is 0 Å². The number of carbonyl (C=O) groups is 2. The molecule has 26 heteroatoms. The van der Waals surface area contributed by atoms with E-state index in [4.69, 9.17) is 58.7 Å². The summed E-state index contributed by atoms with van der Waals surface area (Å²) in [6.45, 7) is 5.67. The number of aromatic nitrogens is 4. The number of anilines is 1. The molecule has 0 bridgehead atoms. The summed E-state index contributed by atoms with van der Waals surface area (Å²) >= 11 is 0. The third kappa shape index (κ3) is 17.7. The molecule has 0 aliphatic heterocycles. The largest absolute Gasteiger partial charge is 0.510 e. The van der Waals surface area contributed by atoms with Crippen molar-refractivity contribution in [3.8, 4) is 23.3 Å². The van der Waals surface area contributed by atoms with Gasteiger partial charge < -0.3 is 37.9 Å². The van der Waals surface area contributed by atoms with E-state index < -0.39 is 45.5 Å². The number of sulfonamides is 1. The maximum atomic E-state index is 15.1. The summed E-state index contributed by atoms with van der Waals surface area (Å²) in [6.07, 6.45) is 5.71. The van der Waals surface area contributed by atoms with Gasteiger partial charge in [0.2, 0.25) is 11.6 Å². The molecule has 4 rings (SSSR count). The third-order valence-corrected chi connectivity index (χ3v) is 10.9. The minimum absolute atomic E-state index is 0.0425. The van der Waals surface area contributed by atoms with Crippen LogP contribution in [0.3, 0.4) is 0 Å². The number of carbonyl (C=O) groups excluding carboxylic acids is 2. The Kier molecular flexibility index (Phi) is 21.8. The smallest absolute Gasteiger partial charge is 0.493 e. The van der Waals surface area contributed by atoms with Gasteiger partial charge in [-0.15, -0.1) is 0 Å². The van der Waals surface area contributed by atoms with Crippen molar-refractivity contribution in [2.24, 2.45) is 0 Å². The van der Waals surface area contributed by atoms with Gasteiger partial charge in [-0.3, -0.25) is 25.7 Å². The van der Waals surface area contributed by atoms with E-state index in [1.165, 1.54) is 38.6 Å². The molecule has 1 unspecified atom stereocenters. The number of methoxy groups -OCH3 is 1. The summed E-state index contributed by atoms with van der Waals surface area (Å²) in [5.41, 5.74) is 0.483. The van der Waals surface area contributed by atoms with Gasteiger partial charge in [-0.2, -0.15) is 4.98 Å². The fraction of sp³-hybridized carbons (Fsp3) is 0.512. The SMILES string of the molecule is COC1=CCCC=C1Oc1c(OCCOC(=O)OCCCCCCON(O)O)nc(-c2ncccn2)nc1N(C(C)OC(=O)OCCOCCON(O)O)S(=O)(=O)c1ccc(C(C)(C)C)cc1. The molecule has 4 N–H and O–H groups in total. The number of unbranched alkanes of at least 4 members (excludes halogenated alkanes) is 3. The van der Waals surface area contributed by atoms with Crippen molar-refractivity contribution in [2.45, 2.75) is 82.8 Å². The van der Waals surface area contributed by atoms with Crippen LogP contribution in [0.4, 0.5) is 15.4 Å². The van der Waals surface area contributed by atoms with E-state index in [9.17, 15) is 9.59 Å². The van der Waals surface area contributed by atoms with E-state index >= 15 is 8.42 Å². The molecule has 0 saturated carbocycles. The van der Waals surface area contributed by atoms with E-state index in [0.717, 1.165) is 5.56 Å². The number of hydrogen-bond donors (Lipinski definition) is 4. The van der Waals surface area contributed by atoms with Crippen LogP contribution in [0.5, 0.6) is 11.6 Å². The zero-order chi connectivity index (χ0) is 48.8. The maximum Gasteiger partial charge on any atom is 0.510 e. The van der Waals surface area contributed by atoms with Crippen molar-refractivity contribution in [1.82, 2.24) is 30.7 Å². The number of benzene rings is 1. The van der Waals surface area contributed by atoms with Crippen LogP contribution >= 0.6 is 0 Å². The molecule has 0 radical (unpaired) electrons. The van der Waals surface area contributed by atoms with E-state index in [0.29, 0.717) is 48.6 Å².